The quantitative estimate of drug-likeness (QED) is 0.0451. The van der Waals surface area contributed by atoms with E-state index < -0.39 is 58.0 Å². The van der Waals surface area contributed by atoms with Crippen LogP contribution in [-0.4, -0.2) is 97.3 Å². The van der Waals surface area contributed by atoms with Gasteiger partial charge < -0.3 is 0 Å². The molecule has 15 heteroatoms. The summed E-state index contributed by atoms with van der Waals surface area (Å²) in [6, 6.07) is 26.5. The third-order valence-electron chi connectivity index (χ3n) is 11.5. The van der Waals surface area contributed by atoms with E-state index in [0.717, 1.165) is 0 Å². The molecule has 5 rings (SSSR count). The minimum absolute atomic E-state index is 0.0106. The van der Waals surface area contributed by atoms with Crippen LogP contribution in [-0.2, 0) is 39.2 Å². The van der Waals surface area contributed by atoms with Gasteiger partial charge in [-0.3, -0.25) is 0 Å². The zero-order valence-electron chi connectivity index (χ0n) is 35.7. The van der Waals surface area contributed by atoms with E-state index >= 15 is 4.79 Å². The molecule has 316 valence electrons. The fourth-order valence-corrected chi connectivity index (χ4v) is 15.0. The van der Waals surface area contributed by atoms with Crippen LogP contribution in [0.4, 0.5) is 4.79 Å². The van der Waals surface area contributed by atoms with Crippen LogP contribution in [0.1, 0.15) is 62.8 Å². The number of carbonyl (C=O) groups excluding carboxylic acids is 5. The summed E-state index contributed by atoms with van der Waals surface area (Å²) < 4.78 is 26.2. The van der Waals surface area contributed by atoms with E-state index in [0.29, 0.717) is 27.2 Å². The zero-order chi connectivity index (χ0) is 43.4. The van der Waals surface area contributed by atoms with E-state index in [9.17, 15) is 19.2 Å². The Morgan fingerprint density at radius 2 is 1.39 bits per heavy atom. The van der Waals surface area contributed by atoms with E-state index in [1.54, 1.807) is 25.7 Å². The number of ether oxygens (including phenoxy) is 2. The molecule has 4 aromatic rings. The summed E-state index contributed by atoms with van der Waals surface area (Å²) in [5, 5.41) is 8.73. The molecule has 0 aliphatic carbocycles. The molecule has 0 radical (unpaired) electrons. The van der Waals surface area contributed by atoms with Crippen molar-refractivity contribution in [1.29, 1.82) is 0 Å². The number of aromatic nitrogens is 2. The fourth-order valence-electron chi connectivity index (χ4n) is 7.63. The molecule has 2 heterocycles. The van der Waals surface area contributed by atoms with Crippen LogP contribution in [0.15, 0.2) is 91.0 Å². The number of aryl methyl sites for hydroxylation is 1. The summed E-state index contributed by atoms with van der Waals surface area (Å²) in [7, 11) is 0.690. The molecule has 2 unspecified atom stereocenters. The van der Waals surface area contributed by atoms with Gasteiger partial charge in [0.25, 0.3) is 0 Å². The number of aromatic amines is 1. The van der Waals surface area contributed by atoms with Gasteiger partial charge in [0.15, 0.2) is 0 Å². The molecule has 0 saturated carbocycles. The van der Waals surface area contributed by atoms with Crippen LogP contribution >= 0.6 is 6.98 Å². The second-order valence-electron chi connectivity index (χ2n) is 16.7. The van der Waals surface area contributed by atoms with E-state index in [2.05, 4.69) is 44.1 Å². The Morgan fingerprint density at radius 3 is 1.85 bits per heavy atom. The number of amides is 2. The number of nitrogens with one attached hydrogen (secondary N) is 1. The summed E-state index contributed by atoms with van der Waals surface area (Å²) in [5.74, 6) is -3.13. The number of β-lactam (4-membered cyclic amide) rings is 1. The zero-order valence-corrected chi connectivity index (χ0v) is 37.6. The van der Waals surface area contributed by atoms with Crippen molar-refractivity contribution in [2.24, 2.45) is 5.92 Å². The van der Waals surface area contributed by atoms with E-state index in [1.807, 2.05) is 97.9 Å². The van der Waals surface area contributed by atoms with Gasteiger partial charge in [0, 0.05) is 0 Å². The number of rotatable bonds is 16. The van der Waals surface area contributed by atoms with Gasteiger partial charge in [-0.15, -0.1) is 0 Å². The molecule has 2 amide bonds. The molecule has 1 fully saturated rings. The van der Waals surface area contributed by atoms with Crippen LogP contribution in [0.25, 0.3) is 0 Å². The molecule has 1 N–H and O–H groups in total. The standard InChI is InChI=1S/C44H57N4O9PSi/c1-30-36(26-27-54-43(53)47(7)8)41(46-45-30)38(50)28-37-40(31(2)57-59(9,10)44(4,5)6)42(52)48(37)58(33-20-14-11-15-21-33,34-22-16-12-17-23-34,35-24-18-13-19-25-35)56-39(51)29-55-32(3)49/h11-25,31,37,40H,26-29H2,1-10H3,(H,45,46)/t31-,37?,40?/m1/s1. The van der Waals surface area contributed by atoms with Gasteiger partial charge in [-0.2, -0.15) is 0 Å². The van der Waals surface area contributed by atoms with Gasteiger partial charge in [-0.1, -0.05) is 0 Å². The second-order valence-corrected chi connectivity index (χ2v) is 25.6. The van der Waals surface area contributed by atoms with Crippen molar-refractivity contribution in [1.82, 2.24) is 19.8 Å². The first-order valence-corrected chi connectivity index (χ1v) is 24.7. The Balaban J connectivity index is 1.78. The van der Waals surface area contributed by atoms with E-state index in [4.69, 9.17) is 18.4 Å². The summed E-state index contributed by atoms with van der Waals surface area (Å²) >= 11 is 0. The van der Waals surface area contributed by atoms with Crippen LogP contribution in [0, 0.1) is 12.8 Å². The first-order chi connectivity index (χ1) is 27.8. The number of benzene rings is 3. The van der Waals surface area contributed by atoms with Gasteiger partial charge >= 0.3 is 349 Å². The number of ketones is 1. The predicted molar refractivity (Wildman–Crippen MR) is 231 cm³/mol. The summed E-state index contributed by atoms with van der Waals surface area (Å²) in [5.41, 5.74) is 1.38. The molecule has 1 saturated heterocycles. The molecule has 3 atom stereocenters. The average Bonchev–Trinajstić information content (AvgIpc) is 3.56. The number of carbonyl (C=O) groups is 5. The molecule has 1 aliphatic rings. The fraction of sp³-hybridized carbons (Fsp3) is 0.409. The van der Waals surface area contributed by atoms with Crippen molar-refractivity contribution in [3.8, 4) is 0 Å². The van der Waals surface area contributed by atoms with Gasteiger partial charge in [0.2, 0.25) is 0 Å². The predicted octanol–water partition coefficient (Wildman–Crippen LogP) is 6.24. The third-order valence-corrected chi connectivity index (χ3v) is 21.7. The van der Waals surface area contributed by atoms with Crippen molar-refractivity contribution in [2.45, 2.75) is 84.7 Å². The van der Waals surface area contributed by atoms with Crippen molar-refractivity contribution in [3.05, 3.63) is 108 Å². The van der Waals surface area contributed by atoms with E-state index in [1.165, 1.54) is 11.8 Å². The number of H-pyrrole nitrogens is 1. The van der Waals surface area contributed by atoms with Crippen molar-refractivity contribution >= 4 is 60.9 Å². The van der Waals surface area contributed by atoms with Crippen molar-refractivity contribution < 1.29 is 42.4 Å². The number of nitrogens with zero attached hydrogens (tertiary/aromatic N) is 3. The Hall–Kier alpha value is -5.17. The van der Waals surface area contributed by atoms with Gasteiger partial charge in [-0.05, 0) is 0 Å². The minimum atomic E-state index is -5.05. The third kappa shape index (κ3) is 8.48. The maximum atomic E-state index is 15.6. The second kappa shape index (κ2) is 17.6. The Kier molecular flexibility index (Phi) is 13.4. The van der Waals surface area contributed by atoms with Crippen LogP contribution < -0.4 is 15.9 Å². The van der Waals surface area contributed by atoms with Crippen molar-refractivity contribution in [3.63, 3.8) is 0 Å². The Bertz CT molecular complexity index is 2060. The number of hydrogen-bond donors (Lipinski definition) is 1. The van der Waals surface area contributed by atoms with E-state index in [-0.39, 0.29) is 41.9 Å². The molecular formula is C44H57N4O9PSi. The Labute approximate surface area is 347 Å². The topological polar surface area (TPSA) is 157 Å². The number of esters is 1. The van der Waals surface area contributed by atoms with Gasteiger partial charge in [0.1, 0.15) is 0 Å². The monoisotopic (exact) mass is 844 g/mol. The molecule has 1 aromatic heterocycles. The first kappa shape index (κ1) is 44.9. The first-order valence-electron chi connectivity index (χ1n) is 19.7. The van der Waals surface area contributed by atoms with Gasteiger partial charge in [0.05, 0.1) is 0 Å². The van der Waals surface area contributed by atoms with Crippen LogP contribution in [0.3, 0.4) is 0 Å². The maximum absolute atomic E-state index is 15.6. The molecule has 0 spiro atoms. The van der Waals surface area contributed by atoms with Crippen molar-refractivity contribution in [2.75, 3.05) is 27.3 Å². The summed E-state index contributed by atoms with van der Waals surface area (Å²) in [4.78, 5) is 70.5. The molecule has 3 aromatic carbocycles. The molecular weight excluding hydrogens is 788 g/mol. The number of Topliss-reactive ketones (excluding diaryl/α,β-unsaturated/α-hetero) is 1. The molecule has 13 nitrogen and oxygen atoms in total. The normalized spacial score (nSPS) is 16.9. The van der Waals surface area contributed by atoms with Crippen LogP contribution in [0.5, 0.6) is 0 Å². The molecule has 1 aliphatic heterocycles. The average molecular weight is 845 g/mol. The van der Waals surface area contributed by atoms with Gasteiger partial charge in [-0.25, -0.2) is 0 Å². The molecule has 0 bridgehead atoms. The SMILES string of the molecule is CC(=O)OCC(=O)OP(c1ccccc1)(c1ccccc1)(c1ccccc1)N1C(=O)C([C@@H](C)O[Si](C)(C)C(C)(C)C)C1CC(=O)c1n[nH]c(C)c1CCOC(=O)N(C)C. The number of hydrogen-bond acceptors (Lipinski definition) is 10. The van der Waals surface area contributed by atoms with Crippen LogP contribution in [0.2, 0.25) is 18.1 Å². The summed E-state index contributed by atoms with van der Waals surface area (Å²) in [6.07, 6.45) is -1.17. The summed E-state index contributed by atoms with van der Waals surface area (Å²) in [6.45, 7) is 9.69. The molecule has 59 heavy (non-hydrogen) atoms. The Morgan fingerprint density at radius 1 is 0.881 bits per heavy atom.